The van der Waals surface area contributed by atoms with Crippen molar-refractivity contribution >= 4 is 11.6 Å². The average molecular weight is 368 g/mol. The molecule has 0 aromatic heterocycles. The molecule has 0 amide bonds. The fourth-order valence-corrected chi connectivity index (χ4v) is 3.88. The lowest BCUT2D eigenvalue weighted by atomic mass is 9.83. The molecule has 1 fully saturated rings. The third-order valence-corrected chi connectivity index (χ3v) is 5.50. The second-order valence-electron chi connectivity index (χ2n) is 7.09. The molecular weight excluding hydrogens is 346 g/mol. The van der Waals surface area contributed by atoms with Crippen molar-refractivity contribution in [2.45, 2.75) is 37.6 Å². The Kier molecular flexibility index (Phi) is 5.01. The number of ether oxygens (including phenoxy) is 1. The van der Waals surface area contributed by atoms with Crippen molar-refractivity contribution in [2.24, 2.45) is 9.98 Å². The Hall–Kier alpha value is -2.56. The second kappa shape index (κ2) is 7.59. The van der Waals surface area contributed by atoms with E-state index in [4.69, 9.17) is 4.74 Å². The van der Waals surface area contributed by atoms with Crippen LogP contribution in [-0.2, 0) is 4.74 Å². The highest BCUT2D eigenvalue weighted by Gasteiger charge is 2.26. The Bertz CT molecular complexity index is 859. The van der Waals surface area contributed by atoms with Gasteiger partial charge in [0.1, 0.15) is 29.8 Å². The Morgan fingerprint density at radius 1 is 0.963 bits per heavy atom. The molecule has 140 valence electrons. The number of halogens is 2. The van der Waals surface area contributed by atoms with Gasteiger partial charge in [-0.1, -0.05) is 30.3 Å². The van der Waals surface area contributed by atoms with Crippen LogP contribution in [0.2, 0.25) is 0 Å². The van der Waals surface area contributed by atoms with Crippen LogP contribution in [0.5, 0.6) is 0 Å². The van der Waals surface area contributed by atoms with Crippen molar-refractivity contribution in [1.29, 1.82) is 0 Å². The highest BCUT2D eigenvalue weighted by Crippen LogP contribution is 2.33. The molecule has 1 atom stereocenters. The van der Waals surface area contributed by atoms with E-state index in [1.807, 2.05) is 7.05 Å². The first-order chi connectivity index (χ1) is 13.2. The second-order valence-corrected chi connectivity index (χ2v) is 7.09. The summed E-state index contributed by atoms with van der Waals surface area (Å²) in [5, 5.41) is 0. The number of rotatable bonds is 3. The quantitative estimate of drug-likeness (QED) is 0.732. The maximum absolute atomic E-state index is 13.9. The molecule has 5 heteroatoms. The van der Waals surface area contributed by atoms with Gasteiger partial charge in [-0.25, -0.2) is 13.8 Å². The van der Waals surface area contributed by atoms with Gasteiger partial charge in [0, 0.05) is 12.8 Å². The van der Waals surface area contributed by atoms with Crippen LogP contribution in [0.25, 0.3) is 0 Å². The van der Waals surface area contributed by atoms with Crippen LogP contribution in [-0.4, -0.2) is 25.3 Å². The molecule has 1 unspecified atom stereocenters. The zero-order chi connectivity index (χ0) is 18.8. The van der Waals surface area contributed by atoms with Gasteiger partial charge in [0.15, 0.2) is 0 Å². The lowest BCUT2D eigenvalue weighted by molar-refractivity contribution is 0.317. The largest absolute Gasteiger partial charge is 0.475 e. The summed E-state index contributed by atoms with van der Waals surface area (Å²) in [6, 6.07) is 11.9. The Morgan fingerprint density at radius 3 is 2.22 bits per heavy atom. The highest BCUT2D eigenvalue weighted by atomic mass is 19.1. The summed E-state index contributed by atoms with van der Waals surface area (Å²) >= 11 is 0. The fourth-order valence-electron chi connectivity index (χ4n) is 3.88. The molecule has 0 bridgehead atoms. The van der Waals surface area contributed by atoms with Gasteiger partial charge in [-0.05, 0) is 54.9 Å². The molecule has 4 rings (SSSR count). The normalized spacial score (nSPS) is 22.3. The van der Waals surface area contributed by atoms with Crippen LogP contribution >= 0.6 is 0 Å². The number of nitrogens with zero attached hydrogens (tertiary/aromatic N) is 2. The third-order valence-electron chi connectivity index (χ3n) is 5.50. The smallest absolute Gasteiger partial charge is 0.222 e. The molecule has 0 saturated heterocycles. The topological polar surface area (TPSA) is 34.0 Å². The van der Waals surface area contributed by atoms with E-state index >= 15 is 0 Å². The van der Waals surface area contributed by atoms with Crippen molar-refractivity contribution in [2.75, 3.05) is 13.7 Å². The molecule has 1 aliphatic carbocycles. The first-order valence-corrected chi connectivity index (χ1v) is 9.35. The minimum atomic E-state index is -0.656. The molecule has 2 aromatic carbocycles. The van der Waals surface area contributed by atoms with Crippen molar-refractivity contribution in [3.05, 3.63) is 70.8 Å². The molecule has 27 heavy (non-hydrogen) atoms. The first kappa shape index (κ1) is 17.8. The van der Waals surface area contributed by atoms with Gasteiger partial charge in [-0.2, -0.15) is 0 Å². The zero-order valence-electron chi connectivity index (χ0n) is 15.3. The van der Waals surface area contributed by atoms with Gasteiger partial charge < -0.3 is 4.74 Å². The van der Waals surface area contributed by atoms with E-state index in [9.17, 15) is 8.78 Å². The van der Waals surface area contributed by atoms with E-state index < -0.39 is 11.6 Å². The molecule has 0 N–H and O–H groups in total. The highest BCUT2D eigenvalue weighted by molar-refractivity contribution is 5.95. The van der Waals surface area contributed by atoms with Crippen molar-refractivity contribution in [1.82, 2.24) is 0 Å². The van der Waals surface area contributed by atoms with Crippen LogP contribution in [0.4, 0.5) is 8.78 Å². The molecule has 1 heterocycles. The molecule has 2 aromatic rings. The summed E-state index contributed by atoms with van der Waals surface area (Å²) in [6.45, 7) is 0.294. The first-order valence-electron chi connectivity index (χ1n) is 9.35. The lowest BCUT2D eigenvalue weighted by Crippen LogP contribution is -2.12. The molecule has 0 spiro atoms. The third kappa shape index (κ3) is 3.64. The van der Waals surface area contributed by atoms with E-state index in [-0.39, 0.29) is 17.5 Å². The fraction of sp³-hybridized carbons (Fsp3) is 0.364. The SMILES string of the molecule is CN=C1CCC(c2ccc(C3COC(c4c(F)cccc4F)=N3)cc2)CC1. The average Bonchev–Trinajstić information content (AvgIpc) is 3.18. The lowest BCUT2D eigenvalue weighted by Gasteiger charge is -2.23. The number of aliphatic imine (C=N–C) groups is 2. The monoisotopic (exact) mass is 368 g/mol. The predicted molar refractivity (Wildman–Crippen MR) is 103 cm³/mol. The Morgan fingerprint density at radius 2 is 1.59 bits per heavy atom. The Labute approximate surface area is 157 Å². The van der Waals surface area contributed by atoms with E-state index in [0.29, 0.717) is 12.5 Å². The van der Waals surface area contributed by atoms with Crippen LogP contribution in [0.15, 0.2) is 52.4 Å². The molecule has 1 saturated carbocycles. The van der Waals surface area contributed by atoms with E-state index in [1.165, 1.54) is 29.5 Å². The summed E-state index contributed by atoms with van der Waals surface area (Å²) in [4.78, 5) is 8.73. The van der Waals surface area contributed by atoms with Crippen molar-refractivity contribution in [3.8, 4) is 0 Å². The number of benzene rings is 2. The summed E-state index contributed by atoms with van der Waals surface area (Å²) in [5.74, 6) is -0.705. The summed E-state index contributed by atoms with van der Waals surface area (Å²) in [5.41, 5.74) is 3.45. The van der Waals surface area contributed by atoms with Gasteiger partial charge in [0.25, 0.3) is 0 Å². The maximum Gasteiger partial charge on any atom is 0.222 e. The molecule has 3 nitrogen and oxygen atoms in total. The standard InChI is InChI=1S/C22H22F2N2O/c1-25-17-11-9-15(10-12-17)14-5-7-16(8-6-14)20-13-27-22(26-20)21-18(23)3-2-4-19(21)24/h2-8,15,20H,9-13H2,1H3. The van der Waals surface area contributed by atoms with Crippen molar-refractivity contribution < 1.29 is 13.5 Å². The molecule has 1 aliphatic heterocycles. The minimum Gasteiger partial charge on any atom is -0.475 e. The van der Waals surface area contributed by atoms with E-state index in [2.05, 4.69) is 34.3 Å². The zero-order valence-corrected chi connectivity index (χ0v) is 15.3. The van der Waals surface area contributed by atoms with Gasteiger partial charge in [0.2, 0.25) is 5.90 Å². The number of hydrogen-bond donors (Lipinski definition) is 0. The summed E-state index contributed by atoms with van der Waals surface area (Å²) in [7, 11) is 1.87. The Balaban J connectivity index is 1.49. The van der Waals surface area contributed by atoms with Gasteiger partial charge in [-0.15, -0.1) is 0 Å². The summed E-state index contributed by atoms with van der Waals surface area (Å²) < 4.78 is 33.4. The van der Waals surface area contributed by atoms with E-state index in [1.54, 1.807) is 0 Å². The molecule has 0 radical (unpaired) electrons. The van der Waals surface area contributed by atoms with Gasteiger partial charge in [-0.3, -0.25) is 4.99 Å². The van der Waals surface area contributed by atoms with Crippen molar-refractivity contribution in [3.63, 3.8) is 0 Å². The van der Waals surface area contributed by atoms with Crippen LogP contribution in [0, 0.1) is 11.6 Å². The van der Waals surface area contributed by atoms with Gasteiger partial charge in [0.05, 0.1) is 0 Å². The summed E-state index contributed by atoms with van der Waals surface area (Å²) in [6.07, 6.45) is 4.41. The van der Waals surface area contributed by atoms with Crippen LogP contribution in [0.1, 0.15) is 54.3 Å². The van der Waals surface area contributed by atoms with E-state index in [0.717, 1.165) is 31.2 Å². The molecular formula is C22H22F2N2O. The minimum absolute atomic E-state index is 0.0401. The van der Waals surface area contributed by atoms with Crippen LogP contribution in [0.3, 0.4) is 0 Å². The molecule has 2 aliphatic rings. The van der Waals surface area contributed by atoms with Crippen LogP contribution < -0.4 is 0 Å². The predicted octanol–water partition coefficient (Wildman–Crippen LogP) is 5.21. The number of hydrogen-bond acceptors (Lipinski definition) is 3. The maximum atomic E-state index is 13.9. The van der Waals surface area contributed by atoms with Gasteiger partial charge >= 0.3 is 0 Å².